The van der Waals surface area contributed by atoms with Crippen molar-refractivity contribution in [2.45, 2.75) is 0 Å². The lowest BCUT2D eigenvalue weighted by atomic mass is 10.2. The Hall–Kier alpha value is -1.72. The number of quaternary nitrogens is 1. The van der Waals surface area contributed by atoms with E-state index in [2.05, 4.69) is 0 Å². The number of hydroxylamine groups is 1. The van der Waals surface area contributed by atoms with Gasteiger partial charge in [0.1, 0.15) is 0 Å². The number of rotatable bonds is 3. The van der Waals surface area contributed by atoms with Crippen molar-refractivity contribution in [3.63, 3.8) is 0 Å². The molecule has 1 aromatic carbocycles. The zero-order chi connectivity index (χ0) is 9.68. The second-order valence-corrected chi connectivity index (χ2v) is 2.34. The van der Waals surface area contributed by atoms with Gasteiger partial charge in [0, 0.05) is 12.1 Å². The van der Waals surface area contributed by atoms with Gasteiger partial charge in [0.15, 0.2) is 0 Å². The molecule has 0 aliphatic rings. The minimum atomic E-state index is -0.465. The second-order valence-electron chi connectivity index (χ2n) is 2.34. The van der Waals surface area contributed by atoms with E-state index in [9.17, 15) is 15.3 Å². The van der Waals surface area contributed by atoms with Crippen LogP contribution in [0.25, 0.3) is 6.08 Å². The van der Waals surface area contributed by atoms with Gasteiger partial charge < -0.3 is 10.7 Å². The lowest BCUT2D eigenvalue weighted by Crippen LogP contribution is -2.69. The maximum absolute atomic E-state index is 10.3. The first-order chi connectivity index (χ1) is 6.24. The molecular weight excluding hydrogens is 172 g/mol. The summed E-state index contributed by atoms with van der Waals surface area (Å²) < 4.78 is 0. The minimum absolute atomic E-state index is 0.0447. The van der Waals surface area contributed by atoms with E-state index >= 15 is 0 Å². The highest BCUT2D eigenvalue weighted by molar-refractivity contribution is 5.50. The van der Waals surface area contributed by atoms with Gasteiger partial charge in [-0.15, -0.1) is 0 Å². The van der Waals surface area contributed by atoms with E-state index in [4.69, 9.17) is 0 Å². The average Bonchev–Trinajstić information content (AvgIpc) is 2.15. The molecule has 5 nitrogen and oxygen atoms in total. The number of nitro groups is 1. The Kier molecular flexibility index (Phi) is 3.13. The monoisotopic (exact) mass is 180 g/mol. The van der Waals surface area contributed by atoms with Crippen molar-refractivity contribution in [2.24, 2.45) is 0 Å². The van der Waals surface area contributed by atoms with E-state index in [-0.39, 0.29) is 5.69 Å². The molecule has 0 heterocycles. The van der Waals surface area contributed by atoms with E-state index in [1.807, 2.05) is 0 Å². The molecule has 0 aliphatic heterocycles. The number of non-ortho nitro benzene ring substituents is 1. The molecule has 2 N–H and O–H groups in total. The third-order valence-electron chi connectivity index (χ3n) is 1.47. The second kappa shape index (κ2) is 4.34. The molecule has 68 valence electrons. The zero-order valence-electron chi connectivity index (χ0n) is 6.71. The molecule has 0 radical (unpaired) electrons. The predicted octanol–water partition coefficient (Wildman–Crippen LogP) is 0.627. The molecule has 0 atom stereocenters. The summed E-state index contributed by atoms with van der Waals surface area (Å²) in [4.78, 5) is 9.79. The summed E-state index contributed by atoms with van der Waals surface area (Å²) in [6.07, 6.45) is 2.91. The topological polar surface area (TPSA) is 82.8 Å². The van der Waals surface area contributed by atoms with Gasteiger partial charge in [-0.1, -0.05) is 0 Å². The first-order valence-electron chi connectivity index (χ1n) is 3.60. The summed E-state index contributed by atoms with van der Waals surface area (Å²) >= 11 is 0. The molecule has 1 aromatic rings. The van der Waals surface area contributed by atoms with Gasteiger partial charge in [0.05, 0.1) is 11.1 Å². The molecule has 0 spiro atoms. The van der Waals surface area contributed by atoms with Crippen LogP contribution in [0, 0.1) is 15.3 Å². The van der Waals surface area contributed by atoms with Crippen molar-refractivity contribution in [2.75, 3.05) is 0 Å². The van der Waals surface area contributed by atoms with E-state index in [1.54, 1.807) is 18.2 Å². The third-order valence-corrected chi connectivity index (χ3v) is 1.47. The Morgan fingerprint density at radius 3 is 2.38 bits per heavy atom. The van der Waals surface area contributed by atoms with Crippen molar-refractivity contribution in [1.29, 1.82) is 0 Å². The van der Waals surface area contributed by atoms with E-state index in [1.165, 1.54) is 18.3 Å². The van der Waals surface area contributed by atoms with Crippen molar-refractivity contribution < 1.29 is 10.4 Å². The Bertz CT molecular complexity index is 319. The summed E-state index contributed by atoms with van der Waals surface area (Å²) in [6.45, 7) is 0. The Balaban J connectivity index is 2.81. The SMILES string of the molecule is O=[N+]([O-])c1ccc(C=C[NH2+][O-])cc1. The summed E-state index contributed by atoms with van der Waals surface area (Å²) in [5.41, 5.74) is 1.46. The van der Waals surface area contributed by atoms with Crippen molar-refractivity contribution in [3.05, 3.63) is 51.4 Å². The van der Waals surface area contributed by atoms with Gasteiger partial charge in [0.25, 0.3) is 5.69 Å². The van der Waals surface area contributed by atoms with Crippen LogP contribution in [0.4, 0.5) is 5.69 Å². The first-order valence-corrected chi connectivity index (χ1v) is 3.60. The highest BCUT2D eigenvalue weighted by Gasteiger charge is 2.01. The fraction of sp³-hybridized carbons (Fsp3) is 0. The van der Waals surface area contributed by atoms with Crippen LogP contribution in [0.5, 0.6) is 0 Å². The van der Waals surface area contributed by atoms with E-state index in [0.717, 1.165) is 5.56 Å². The fourth-order valence-corrected chi connectivity index (χ4v) is 0.858. The number of nitro benzene ring substituents is 1. The normalized spacial score (nSPS) is 10.5. The molecule has 1 rings (SSSR count). The lowest BCUT2D eigenvalue weighted by molar-refractivity contribution is -0.513. The number of hydrogen-bond acceptors (Lipinski definition) is 3. The molecule has 0 amide bonds. The van der Waals surface area contributed by atoms with Crippen LogP contribution in [-0.2, 0) is 0 Å². The molecule has 5 heteroatoms. The highest BCUT2D eigenvalue weighted by Crippen LogP contribution is 2.12. The lowest BCUT2D eigenvalue weighted by Gasteiger charge is -1.93. The molecule has 0 saturated carbocycles. The summed E-state index contributed by atoms with van der Waals surface area (Å²) in [5, 5.41) is 20.2. The molecular formula is C8H8N2O3. The molecule has 0 fully saturated rings. The van der Waals surface area contributed by atoms with Crippen LogP contribution < -0.4 is 5.48 Å². The van der Waals surface area contributed by atoms with Crippen molar-refractivity contribution in [3.8, 4) is 0 Å². The molecule has 0 unspecified atom stereocenters. The third kappa shape index (κ3) is 2.66. The largest absolute Gasteiger partial charge is 0.631 e. The smallest absolute Gasteiger partial charge is 0.269 e. The van der Waals surface area contributed by atoms with Crippen LogP contribution in [-0.4, -0.2) is 4.92 Å². The van der Waals surface area contributed by atoms with Gasteiger partial charge in [-0.25, -0.2) is 0 Å². The molecule has 0 bridgehead atoms. The van der Waals surface area contributed by atoms with Crippen LogP contribution in [0.2, 0.25) is 0 Å². The van der Waals surface area contributed by atoms with Crippen LogP contribution >= 0.6 is 0 Å². The van der Waals surface area contributed by atoms with Gasteiger partial charge in [-0.3, -0.25) is 10.1 Å². The maximum atomic E-state index is 10.3. The molecule has 13 heavy (non-hydrogen) atoms. The number of nitrogens with zero attached hydrogens (tertiary/aromatic N) is 1. The van der Waals surface area contributed by atoms with Crippen LogP contribution in [0.1, 0.15) is 5.56 Å². The maximum Gasteiger partial charge on any atom is 0.269 e. The van der Waals surface area contributed by atoms with E-state index < -0.39 is 4.92 Å². The molecule has 0 aliphatic carbocycles. The minimum Gasteiger partial charge on any atom is -0.631 e. The summed E-state index contributed by atoms with van der Waals surface area (Å²) in [7, 11) is 0. The number of hydrogen-bond donors (Lipinski definition) is 1. The average molecular weight is 180 g/mol. The predicted molar refractivity (Wildman–Crippen MR) is 47.4 cm³/mol. The fourth-order valence-electron chi connectivity index (χ4n) is 0.858. The van der Waals surface area contributed by atoms with Gasteiger partial charge in [0.2, 0.25) is 0 Å². The molecule has 0 aromatic heterocycles. The van der Waals surface area contributed by atoms with Crippen LogP contribution in [0.15, 0.2) is 30.5 Å². The van der Waals surface area contributed by atoms with Gasteiger partial charge in [-0.2, -0.15) is 0 Å². The standard InChI is InChI=1S/C8H8N2O3/c11-9-6-5-7-1-3-8(4-2-7)10(12)13/h1-6H,9H2. The highest BCUT2D eigenvalue weighted by atomic mass is 16.6. The van der Waals surface area contributed by atoms with Gasteiger partial charge in [-0.05, 0) is 23.8 Å². The Morgan fingerprint density at radius 1 is 1.31 bits per heavy atom. The Morgan fingerprint density at radius 2 is 1.92 bits per heavy atom. The van der Waals surface area contributed by atoms with Gasteiger partial charge >= 0.3 is 0 Å². The number of benzene rings is 1. The first kappa shape index (κ1) is 9.37. The summed E-state index contributed by atoms with van der Waals surface area (Å²) in [5.74, 6) is 0. The molecule has 0 saturated heterocycles. The van der Waals surface area contributed by atoms with E-state index in [0.29, 0.717) is 5.48 Å². The Labute approximate surface area is 74.4 Å². The summed E-state index contributed by atoms with van der Waals surface area (Å²) in [6, 6.07) is 5.95. The van der Waals surface area contributed by atoms with Crippen molar-refractivity contribution >= 4 is 11.8 Å². The quantitative estimate of drug-likeness (QED) is 0.546. The zero-order valence-corrected chi connectivity index (χ0v) is 6.71. The van der Waals surface area contributed by atoms with Crippen molar-refractivity contribution in [1.82, 2.24) is 0 Å². The van der Waals surface area contributed by atoms with Crippen LogP contribution in [0.3, 0.4) is 0 Å². The number of nitrogens with two attached hydrogens (primary N) is 1.